The minimum absolute atomic E-state index is 0.0413. The van der Waals surface area contributed by atoms with Crippen molar-refractivity contribution in [2.24, 2.45) is 0 Å². The minimum Gasteiger partial charge on any atom is -0.508 e. The third-order valence-electron chi connectivity index (χ3n) is 2.83. The van der Waals surface area contributed by atoms with Crippen LogP contribution in [0.2, 0.25) is 0 Å². The van der Waals surface area contributed by atoms with Gasteiger partial charge in [-0.2, -0.15) is 0 Å². The molecular weight excluding hydrogens is 260 g/mol. The van der Waals surface area contributed by atoms with E-state index in [0.717, 1.165) is 12.5 Å². The van der Waals surface area contributed by atoms with Gasteiger partial charge < -0.3 is 15.5 Å². The van der Waals surface area contributed by atoms with E-state index in [0.29, 0.717) is 6.54 Å². The Balaban J connectivity index is 2.76. The first kappa shape index (κ1) is 16.0. The molecule has 0 heterocycles. The van der Waals surface area contributed by atoms with Gasteiger partial charge in [0.1, 0.15) is 11.5 Å². The van der Waals surface area contributed by atoms with E-state index in [-0.39, 0.29) is 41.8 Å². The molecule has 6 nitrogen and oxygen atoms in total. The third kappa shape index (κ3) is 4.55. The predicted molar refractivity (Wildman–Crippen MR) is 74.9 cm³/mol. The van der Waals surface area contributed by atoms with Crippen molar-refractivity contribution in [1.29, 1.82) is 0 Å². The van der Waals surface area contributed by atoms with Crippen LogP contribution in [0, 0.1) is 0 Å². The second-order valence-corrected chi connectivity index (χ2v) is 4.51. The van der Waals surface area contributed by atoms with Crippen molar-refractivity contribution in [3.8, 4) is 11.5 Å². The molecule has 0 spiro atoms. The SMILES string of the molecule is CCCN(CC(=O)NC)CC(=O)c1ccc(O)cc1O. The molecule has 0 saturated carbocycles. The maximum atomic E-state index is 12.1. The number of ketones is 1. The number of nitrogens with one attached hydrogen (secondary N) is 1. The van der Waals surface area contributed by atoms with E-state index < -0.39 is 0 Å². The Morgan fingerprint density at radius 1 is 1.25 bits per heavy atom. The molecule has 1 amide bonds. The lowest BCUT2D eigenvalue weighted by Gasteiger charge is -2.20. The standard InChI is InChI=1S/C14H20N2O4/c1-3-6-16(9-14(20)15-2)8-13(19)11-5-4-10(17)7-12(11)18/h4-5,7,17-18H,3,6,8-9H2,1-2H3,(H,15,20). The summed E-state index contributed by atoms with van der Waals surface area (Å²) >= 11 is 0. The fraction of sp³-hybridized carbons (Fsp3) is 0.429. The fourth-order valence-electron chi connectivity index (χ4n) is 1.86. The number of phenols is 2. The molecule has 0 bridgehead atoms. The zero-order chi connectivity index (χ0) is 15.1. The molecule has 20 heavy (non-hydrogen) atoms. The summed E-state index contributed by atoms with van der Waals surface area (Å²) in [5, 5.41) is 21.4. The van der Waals surface area contributed by atoms with Gasteiger partial charge in [0, 0.05) is 13.1 Å². The summed E-state index contributed by atoms with van der Waals surface area (Å²) < 4.78 is 0. The second-order valence-electron chi connectivity index (χ2n) is 4.51. The molecule has 0 unspecified atom stereocenters. The Kier molecular flexibility index (Phi) is 5.99. The van der Waals surface area contributed by atoms with Crippen LogP contribution >= 0.6 is 0 Å². The number of hydrogen-bond donors (Lipinski definition) is 3. The van der Waals surface area contributed by atoms with E-state index in [1.165, 1.54) is 12.1 Å². The third-order valence-corrected chi connectivity index (χ3v) is 2.83. The van der Waals surface area contributed by atoms with Gasteiger partial charge in [0.2, 0.25) is 5.91 Å². The van der Waals surface area contributed by atoms with Crippen molar-refractivity contribution in [3.05, 3.63) is 23.8 Å². The van der Waals surface area contributed by atoms with Crippen molar-refractivity contribution < 1.29 is 19.8 Å². The number of rotatable bonds is 7. The molecule has 1 rings (SSSR count). The van der Waals surface area contributed by atoms with Crippen LogP contribution in [0.15, 0.2) is 18.2 Å². The zero-order valence-electron chi connectivity index (χ0n) is 11.7. The number of amides is 1. The minimum atomic E-state index is -0.292. The first-order valence-corrected chi connectivity index (χ1v) is 6.46. The van der Waals surface area contributed by atoms with Gasteiger partial charge in [-0.3, -0.25) is 14.5 Å². The van der Waals surface area contributed by atoms with Crippen LogP contribution < -0.4 is 5.32 Å². The number of carbonyl (C=O) groups excluding carboxylic acids is 2. The number of Topliss-reactive ketones (excluding diaryl/α,β-unsaturated/α-hetero) is 1. The Labute approximate surface area is 118 Å². The highest BCUT2D eigenvalue weighted by molar-refractivity contribution is 6.00. The fourth-order valence-corrected chi connectivity index (χ4v) is 1.86. The first-order chi connectivity index (χ1) is 9.47. The number of hydrogen-bond acceptors (Lipinski definition) is 5. The van der Waals surface area contributed by atoms with Crippen molar-refractivity contribution >= 4 is 11.7 Å². The van der Waals surface area contributed by atoms with Crippen LogP contribution in [0.4, 0.5) is 0 Å². The van der Waals surface area contributed by atoms with E-state index in [4.69, 9.17) is 0 Å². The van der Waals surface area contributed by atoms with Crippen LogP contribution in [0.3, 0.4) is 0 Å². The molecule has 0 fully saturated rings. The molecule has 0 aliphatic rings. The summed E-state index contributed by atoms with van der Waals surface area (Å²) in [7, 11) is 1.54. The van der Waals surface area contributed by atoms with Crippen LogP contribution in [-0.4, -0.2) is 53.5 Å². The second kappa shape index (κ2) is 7.49. The van der Waals surface area contributed by atoms with Gasteiger partial charge in [0.05, 0.1) is 18.7 Å². The molecule has 1 aromatic carbocycles. The van der Waals surface area contributed by atoms with E-state index in [1.807, 2.05) is 6.92 Å². The van der Waals surface area contributed by atoms with Gasteiger partial charge in [0.25, 0.3) is 0 Å². The molecule has 0 aliphatic carbocycles. The molecule has 110 valence electrons. The number of carbonyl (C=O) groups is 2. The Morgan fingerprint density at radius 3 is 2.50 bits per heavy atom. The molecule has 6 heteroatoms. The highest BCUT2D eigenvalue weighted by Crippen LogP contribution is 2.23. The Hall–Kier alpha value is -2.08. The summed E-state index contributed by atoms with van der Waals surface area (Å²) in [6, 6.07) is 3.84. The summed E-state index contributed by atoms with van der Waals surface area (Å²) in [5.41, 5.74) is 0.140. The van der Waals surface area contributed by atoms with Crippen LogP contribution in [0.25, 0.3) is 0 Å². The lowest BCUT2D eigenvalue weighted by Crippen LogP contribution is -2.39. The van der Waals surface area contributed by atoms with E-state index >= 15 is 0 Å². The molecule has 0 atom stereocenters. The number of likely N-dealkylation sites (N-methyl/N-ethyl adjacent to an activating group) is 1. The predicted octanol–water partition coefficient (Wildman–Crippen LogP) is 0.738. The number of nitrogens with zero attached hydrogens (tertiary/aromatic N) is 1. The van der Waals surface area contributed by atoms with Gasteiger partial charge in [-0.1, -0.05) is 6.92 Å². The lowest BCUT2D eigenvalue weighted by atomic mass is 10.1. The van der Waals surface area contributed by atoms with Gasteiger partial charge in [-0.05, 0) is 25.1 Å². The number of aromatic hydroxyl groups is 2. The summed E-state index contributed by atoms with van der Waals surface area (Å²) in [6.07, 6.45) is 0.811. The van der Waals surface area contributed by atoms with Crippen molar-refractivity contribution in [2.75, 3.05) is 26.7 Å². The van der Waals surface area contributed by atoms with Crippen molar-refractivity contribution in [3.63, 3.8) is 0 Å². The van der Waals surface area contributed by atoms with Crippen LogP contribution in [-0.2, 0) is 4.79 Å². The topological polar surface area (TPSA) is 89.9 Å². The molecular formula is C14H20N2O4. The highest BCUT2D eigenvalue weighted by Gasteiger charge is 2.17. The Morgan fingerprint density at radius 2 is 1.95 bits per heavy atom. The average Bonchev–Trinajstić information content (AvgIpc) is 2.38. The maximum absolute atomic E-state index is 12.1. The summed E-state index contributed by atoms with van der Waals surface area (Å²) in [4.78, 5) is 25.2. The lowest BCUT2D eigenvalue weighted by molar-refractivity contribution is -0.121. The number of phenolic OH excluding ortho intramolecular Hbond substituents is 2. The monoisotopic (exact) mass is 280 g/mol. The normalized spacial score (nSPS) is 10.6. The smallest absolute Gasteiger partial charge is 0.233 e. The van der Waals surface area contributed by atoms with Crippen molar-refractivity contribution in [2.45, 2.75) is 13.3 Å². The average molecular weight is 280 g/mol. The maximum Gasteiger partial charge on any atom is 0.233 e. The van der Waals surface area contributed by atoms with E-state index in [9.17, 15) is 19.8 Å². The molecule has 3 N–H and O–H groups in total. The molecule has 0 aromatic heterocycles. The first-order valence-electron chi connectivity index (χ1n) is 6.46. The summed E-state index contributed by atoms with van der Waals surface area (Å²) in [5.74, 6) is -0.817. The highest BCUT2D eigenvalue weighted by atomic mass is 16.3. The van der Waals surface area contributed by atoms with Gasteiger partial charge >= 0.3 is 0 Å². The van der Waals surface area contributed by atoms with Crippen LogP contribution in [0.1, 0.15) is 23.7 Å². The van der Waals surface area contributed by atoms with Gasteiger partial charge in [0.15, 0.2) is 5.78 Å². The van der Waals surface area contributed by atoms with E-state index in [2.05, 4.69) is 5.32 Å². The van der Waals surface area contributed by atoms with Crippen molar-refractivity contribution in [1.82, 2.24) is 10.2 Å². The van der Waals surface area contributed by atoms with E-state index in [1.54, 1.807) is 11.9 Å². The molecule has 0 radical (unpaired) electrons. The van der Waals surface area contributed by atoms with Gasteiger partial charge in [-0.25, -0.2) is 0 Å². The molecule has 0 aliphatic heterocycles. The largest absolute Gasteiger partial charge is 0.508 e. The molecule has 0 saturated heterocycles. The quantitative estimate of drug-likeness (QED) is 0.641. The van der Waals surface area contributed by atoms with Gasteiger partial charge in [-0.15, -0.1) is 0 Å². The number of benzene rings is 1. The Bertz CT molecular complexity index is 488. The van der Waals surface area contributed by atoms with Crippen LogP contribution in [0.5, 0.6) is 11.5 Å². The molecule has 1 aromatic rings. The zero-order valence-corrected chi connectivity index (χ0v) is 11.7. The summed E-state index contributed by atoms with van der Waals surface area (Å²) in [6.45, 7) is 2.74.